The molecule has 2 atom stereocenters. The maximum atomic E-state index is 9.00. The van der Waals surface area contributed by atoms with Gasteiger partial charge in [0.1, 0.15) is 11.9 Å². The van der Waals surface area contributed by atoms with Crippen LogP contribution in [-0.4, -0.2) is 4.57 Å². The molecule has 1 aliphatic rings. The normalized spacial score (nSPS) is 23.9. The highest BCUT2D eigenvalue weighted by molar-refractivity contribution is 5.57. The van der Waals surface area contributed by atoms with E-state index in [0.717, 1.165) is 29.6 Å². The summed E-state index contributed by atoms with van der Waals surface area (Å²) < 4.78 is 2.10. The number of nitrogens with zero attached hydrogens (tertiary/aromatic N) is 2. The molecule has 80 valence electrons. The summed E-state index contributed by atoms with van der Waals surface area (Å²) in [6.07, 6.45) is 1.29. The lowest BCUT2D eigenvalue weighted by molar-refractivity contribution is 0.590. The molecule has 0 bridgehead atoms. The summed E-state index contributed by atoms with van der Waals surface area (Å²) in [6, 6.07) is 2.18. The van der Waals surface area contributed by atoms with Crippen molar-refractivity contribution in [2.75, 3.05) is 5.73 Å². The molecule has 0 aromatic carbocycles. The lowest BCUT2D eigenvalue weighted by Crippen LogP contribution is -2.07. The molecule has 0 spiro atoms. The highest BCUT2D eigenvalue weighted by atomic mass is 15.1. The van der Waals surface area contributed by atoms with Crippen LogP contribution in [0.2, 0.25) is 0 Å². The Bertz CT molecular complexity index is 437. The molecule has 0 amide bonds. The number of aromatic nitrogens is 1. The molecule has 0 radical (unpaired) electrons. The lowest BCUT2D eigenvalue weighted by Gasteiger charge is -2.07. The van der Waals surface area contributed by atoms with Crippen molar-refractivity contribution in [1.82, 2.24) is 4.57 Å². The quantitative estimate of drug-likeness (QED) is 0.801. The maximum absolute atomic E-state index is 9.00. The van der Waals surface area contributed by atoms with Gasteiger partial charge >= 0.3 is 0 Å². The molecule has 3 nitrogen and oxygen atoms in total. The SMILES string of the molecule is Cc1c(C#N)c(N)n(CC2CC2C)c1C. The van der Waals surface area contributed by atoms with E-state index in [2.05, 4.69) is 17.6 Å². The number of nitriles is 1. The predicted molar refractivity (Wildman–Crippen MR) is 60.3 cm³/mol. The molecule has 1 fully saturated rings. The minimum atomic E-state index is 0.645. The Labute approximate surface area is 90.5 Å². The highest BCUT2D eigenvalue weighted by Gasteiger charge is 2.33. The Morgan fingerprint density at radius 1 is 1.53 bits per heavy atom. The Morgan fingerprint density at radius 2 is 2.13 bits per heavy atom. The Morgan fingerprint density at radius 3 is 2.53 bits per heavy atom. The molecular formula is C12H17N3. The summed E-state index contributed by atoms with van der Waals surface area (Å²) in [7, 11) is 0. The number of hydrogen-bond acceptors (Lipinski definition) is 2. The van der Waals surface area contributed by atoms with Crippen LogP contribution in [0.5, 0.6) is 0 Å². The van der Waals surface area contributed by atoms with E-state index in [1.807, 2.05) is 13.8 Å². The fraction of sp³-hybridized carbons (Fsp3) is 0.583. The summed E-state index contributed by atoms with van der Waals surface area (Å²) in [5.41, 5.74) is 8.80. The molecule has 0 saturated heterocycles. The number of rotatable bonds is 2. The van der Waals surface area contributed by atoms with E-state index in [1.54, 1.807) is 0 Å². The minimum absolute atomic E-state index is 0.645. The van der Waals surface area contributed by atoms with Gasteiger partial charge in [-0.3, -0.25) is 0 Å². The van der Waals surface area contributed by atoms with Crippen molar-refractivity contribution in [3.8, 4) is 6.07 Å². The molecule has 1 aromatic heterocycles. The van der Waals surface area contributed by atoms with E-state index in [9.17, 15) is 0 Å². The van der Waals surface area contributed by atoms with Crippen LogP contribution >= 0.6 is 0 Å². The van der Waals surface area contributed by atoms with Gasteiger partial charge in [0.05, 0.1) is 5.56 Å². The molecule has 1 heterocycles. The van der Waals surface area contributed by atoms with Crippen molar-refractivity contribution in [2.24, 2.45) is 11.8 Å². The van der Waals surface area contributed by atoms with E-state index in [1.165, 1.54) is 6.42 Å². The minimum Gasteiger partial charge on any atom is -0.384 e. The standard InChI is InChI=1S/C12H17N3/c1-7-4-10(7)6-15-9(3)8(2)11(5-13)12(15)14/h7,10H,4,6,14H2,1-3H3. The van der Waals surface area contributed by atoms with E-state index >= 15 is 0 Å². The largest absolute Gasteiger partial charge is 0.384 e. The zero-order valence-corrected chi connectivity index (χ0v) is 9.54. The second kappa shape index (κ2) is 3.30. The summed E-state index contributed by atoms with van der Waals surface area (Å²) >= 11 is 0. The van der Waals surface area contributed by atoms with Gasteiger partial charge in [0, 0.05) is 12.2 Å². The highest BCUT2D eigenvalue weighted by Crippen LogP contribution is 2.40. The van der Waals surface area contributed by atoms with Crippen LogP contribution in [0, 0.1) is 37.0 Å². The fourth-order valence-corrected chi connectivity index (χ4v) is 2.16. The average Bonchev–Trinajstić information content (AvgIpc) is 2.85. The van der Waals surface area contributed by atoms with Crippen LogP contribution in [0.15, 0.2) is 0 Å². The monoisotopic (exact) mass is 203 g/mol. The first kappa shape index (κ1) is 10.1. The molecule has 1 saturated carbocycles. The maximum Gasteiger partial charge on any atom is 0.122 e. The summed E-state index contributed by atoms with van der Waals surface area (Å²) in [6.45, 7) is 7.25. The third-order valence-electron chi connectivity index (χ3n) is 3.67. The third kappa shape index (κ3) is 1.50. The van der Waals surface area contributed by atoms with Gasteiger partial charge in [0.15, 0.2) is 0 Å². The molecule has 2 unspecified atom stereocenters. The summed E-state index contributed by atoms with van der Waals surface area (Å²) in [5.74, 6) is 2.22. The molecule has 2 rings (SSSR count). The van der Waals surface area contributed by atoms with Gasteiger partial charge in [-0.05, 0) is 37.7 Å². The van der Waals surface area contributed by atoms with Crippen molar-refractivity contribution in [2.45, 2.75) is 33.7 Å². The van der Waals surface area contributed by atoms with E-state index < -0.39 is 0 Å². The molecule has 2 N–H and O–H groups in total. The zero-order valence-electron chi connectivity index (χ0n) is 9.54. The van der Waals surface area contributed by atoms with Crippen LogP contribution in [0.25, 0.3) is 0 Å². The fourth-order valence-electron chi connectivity index (χ4n) is 2.16. The van der Waals surface area contributed by atoms with Crippen molar-refractivity contribution in [3.63, 3.8) is 0 Å². The van der Waals surface area contributed by atoms with Crippen LogP contribution in [0.4, 0.5) is 5.82 Å². The van der Waals surface area contributed by atoms with Gasteiger partial charge < -0.3 is 10.3 Å². The first-order valence-electron chi connectivity index (χ1n) is 5.41. The predicted octanol–water partition coefficient (Wildman–Crippen LogP) is 2.21. The van der Waals surface area contributed by atoms with Gasteiger partial charge in [-0.1, -0.05) is 6.92 Å². The second-order valence-corrected chi connectivity index (χ2v) is 4.67. The third-order valence-corrected chi connectivity index (χ3v) is 3.67. The van der Waals surface area contributed by atoms with E-state index in [4.69, 9.17) is 11.0 Å². The van der Waals surface area contributed by atoms with Gasteiger partial charge in [-0.25, -0.2) is 0 Å². The molecule has 1 aromatic rings. The number of nitrogen functional groups attached to an aromatic ring is 1. The number of nitrogens with two attached hydrogens (primary N) is 1. The Kier molecular flexibility index (Phi) is 2.22. The molecular weight excluding hydrogens is 186 g/mol. The van der Waals surface area contributed by atoms with Gasteiger partial charge in [-0.15, -0.1) is 0 Å². The van der Waals surface area contributed by atoms with E-state index in [-0.39, 0.29) is 0 Å². The first-order valence-corrected chi connectivity index (χ1v) is 5.41. The van der Waals surface area contributed by atoms with Crippen molar-refractivity contribution >= 4 is 5.82 Å². The Balaban J connectivity index is 2.35. The summed E-state index contributed by atoms with van der Waals surface area (Å²) in [5, 5.41) is 9.00. The average molecular weight is 203 g/mol. The zero-order chi connectivity index (χ0) is 11.2. The summed E-state index contributed by atoms with van der Waals surface area (Å²) in [4.78, 5) is 0. The first-order chi connectivity index (χ1) is 7.06. The smallest absolute Gasteiger partial charge is 0.122 e. The molecule has 0 aliphatic heterocycles. The molecule has 3 heteroatoms. The van der Waals surface area contributed by atoms with Gasteiger partial charge in [0.25, 0.3) is 0 Å². The van der Waals surface area contributed by atoms with Crippen molar-refractivity contribution in [3.05, 3.63) is 16.8 Å². The second-order valence-electron chi connectivity index (χ2n) is 4.67. The van der Waals surface area contributed by atoms with Crippen molar-refractivity contribution in [1.29, 1.82) is 5.26 Å². The van der Waals surface area contributed by atoms with E-state index in [0.29, 0.717) is 11.4 Å². The Hall–Kier alpha value is -1.43. The van der Waals surface area contributed by atoms with Crippen LogP contribution < -0.4 is 5.73 Å². The topological polar surface area (TPSA) is 54.7 Å². The van der Waals surface area contributed by atoms with Crippen LogP contribution in [-0.2, 0) is 6.54 Å². The number of hydrogen-bond donors (Lipinski definition) is 1. The van der Waals surface area contributed by atoms with Gasteiger partial charge in [-0.2, -0.15) is 5.26 Å². The van der Waals surface area contributed by atoms with Crippen molar-refractivity contribution < 1.29 is 0 Å². The lowest BCUT2D eigenvalue weighted by atomic mass is 10.2. The van der Waals surface area contributed by atoms with Crippen LogP contribution in [0.1, 0.15) is 30.2 Å². The molecule has 15 heavy (non-hydrogen) atoms. The number of anilines is 1. The van der Waals surface area contributed by atoms with Gasteiger partial charge in [0.2, 0.25) is 0 Å². The van der Waals surface area contributed by atoms with Crippen LogP contribution in [0.3, 0.4) is 0 Å². The molecule has 1 aliphatic carbocycles.